The first kappa shape index (κ1) is 14.3. The number of hydrogen-bond donors (Lipinski definition) is 2. The molecule has 0 radical (unpaired) electrons. The predicted octanol–water partition coefficient (Wildman–Crippen LogP) is 1.90. The molecular formula is C10H14F3N3O2S. The van der Waals surface area contributed by atoms with E-state index < -0.39 is 26.8 Å². The Labute approximate surface area is 108 Å². The van der Waals surface area contributed by atoms with Crippen molar-refractivity contribution in [2.45, 2.75) is 37.3 Å². The second kappa shape index (κ2) is 4.48. The second-order valence-electron chi connectivity index (χ2n) is 4.79. The van der Waals surface area contributed by atoms with Gasteiger partial charge in [-0.25, -0.2) is 13.1 Å². The molecule has 0 atom stereocenters. The minimum absolute atomic E-state index is 0.0881. The molecular weight excluding hydrogens is 283 g/mol. The van der Waals surface area contributed by atoms with Gasteiger partial charge in [-0.1, -0.05) is 6.92 Å². The fourth-order valence-corrected chi connectivity index (χ4v) is 3.11. The van der Waals surface area contributed by atoms with Crippen molar-refractivity contribution in [2.75, 3.05) is 6.54 Å². The third-order valence-corrected chi connectivity index (χ3v) is 4.93. The SMILES string of the molecule is CCC1(CNS(=O)(=O)c2cn[nH]c2C(F)(F)F)CC1. The first-order valence-corrected chi connectivity index (χ1v) is 7.29. The molecule has 1 aliphatic carbocycles. The van der Waals surface area contributed by atoms with Crippen molar-refractivity contribution in [2.24, 2.45) is 5.41 Å². The van der Waals surface area contributed by atoms with Crippen molar-refractivity contribution in [1.82, 2.24) is 14.9 Å². The van der Waals surface area contributed by atoms with E-state index in [2.05, 4.69) is 9.82 Å². The number of halogens is 3. The molecule has 0 aliphatic heterocycles. The molecule has 9 heteroatoms. The number of rotatable bonds is 5. The van der Waals surface area contributed by atoms with Crippen LogP contribution in [-0.2, 0) is 16.2 Å². The summed E-state index contributed by atoms with van der Waals surface area (Å²) in [5.41, 5.74) is -1.43. The van der Waals surface area contributed by atoms with E-state index in [4.69, 9.17) is 0 Å². The number of H-pyrrole nitrogens is 1. The van der Waals surface area contributed by atoms with Crippen molar-refractivity contribution in [1.29, 1.82) is 0 Å². The summed E-state index contributed by atoms with van der Waals surface area (Å²) in [4.78, 5) is -0.855. The highest BCUT2D eigenvalue weighted by Gasteiger charge is 2.43. The molecule has 2 N–H and O–H groups in total. The number of aromatic nitrogens is 2. The topological polar surface area (TPSA) is 74.8 Å². The van der Waals surface area contributed by atoms with Crippen molar-refractivity contribution >= 4 is 10.0 Å². The number of nitrogens with zero attached hydrogens (tertiary/aromatic N) is 1. The van der Waals surface area contributed by atoms with Crippen LogP contribution in [-0.4, -0.2) is 25.2 Å². The van der Waals surface area contributed by atoms with Crippen molar-refractivity contribution in [3.8, 4) is 0 Å². The van der Waals surface area contributed by atoms with Gasteiger partial charge >= 0.3 is 6.18 Å². The highest BCUT2D eigenvalue weighted by Crippen LogP contribution is 2.48. The maximum Gasteiger partial charge on any atom is 0.434 e. The van der Waals surface area contributed by atoms with E-state index in [9.17, 15) is 21.6 Å². The zero-order chi connectivity index (χ0) is 14.3. The molecule has 19 heavy (non-hydrogen) atoms. The van der Waals surface area contributed by atoms with Crippen LogP contribution in [0.1, 0.15) is 31.9 Å². The van der Waals surface area contributed by atoms with Gasteiger partial charge < -0.3 is 0 Å². The Morgan fingerprint density at radius 3 is 2.58 bits per heavy atom. The number of alkyl halides is 3. The van der Waals surface area contributed by atoms with Crippen molar-refractivity contribution in [3.05, 3.63) is 11.9 Å². The van der Waals surface area contributed by atoms with Gasteiger partial charge in [-0.3, -0.25) is 5.10 Å². The van der Waals surface area contributed by atoms with Gasteiger partial charge in [0.1, 0.15) is 4.90 Å². The maximum absolute atomic E-state index is 12.6. The number of hydrogen-bond acceptors (Lipinski definition) is 3. The van der Waals surface area contributed by atoms with Crippen LogP contribution in [0.2, 0.25) is 0 Å². The van der Waals surface area contributed by atoms with Crippen LogP contribution in [0.15, 0.2) is 11.1 Å². The van der Waals surface area contributed by atoms with Crippen LogP contribution in [0.5, 0.6) is 0 Å². The summed E-state index contributed by atoms with van der Waals surface area (Å²) in [6.45, 7) is 2.09. The molecule has 108 valence electrons. The van der Waals surface area contributed by atoms with Gasteiger partial charge in [0.05, 0.1) is 6.20 Å². The van der Waals surface area contributed by atoms with E-state index in [0.717, 1.165) is 19.3 Å². The molecule has 1 fully saturated rings. The zero-order valence-electron chi connectivity index (χ0n) is 10.2. The van der Waals surface area contributed by atoms with Crippen LogP contribution in [0, 0.1) is 5.41 Å². The fraction of sp³-hybridized carbons (Fsp3) is 0.700. The number of sulfonamides is 1. The quantitative estimate of drug-likeness (QED) is 0.871. The number of aromatic amines is 1. The van der Waals surface area contributed by atoms with E-state index in [0.29, 0.717) is 6.20 Å². The molecule has 5 nitrogen and oxygen atoms in total. The van der Waals surface area contributed by atoms with Crippen LogP contribution in [0.3, 0.4) is 0 Å². The van der Waals surface area contributed by atoms with Crippen molar-refractivity contribution in [3.63, 3.8) is 0 Å². The Balaban J connectivity index is 2.19. The Bertz CT molecular complexity index is 561. The summed E-state index contributed by atoms with van der Waals surface area (Å²) in [6.07, 6.45) is -1.51. The molecule has 1 aromatic rings. The van der Waals surface area contributed by atoms with E-state index in [1.165, 1.54) is 0 Å². The summed E-state index contributed by atoms with van der Waals surface area (Å²) >= 11 is 0. The van der Waals surface area contributed by atoms with Gasteiger partial charge in [-0.05, 0) is 24.7 Å². The lowest BCUT2D eigenvalue weighted by molar-refractivity contribution is -0.143. The first-order valence-electron chi connectivity index (χ1n) is 5.80. The third-order valence-electron chi connectivity index (χ3n) is 3.52. The van der Waals surface area contributed by atoms with E-state index in [1.807, 2.05) is 6.92 Å². The van der Waals surface area contributed by atoms with Gasteiger partial charge in [-0.2, -0.15) is 18.3 Å². The van der Waals surface area contributed by atoms with Crippen LogP contribution >= 0.6 is 0 Å². The number of nitrogens with one attached hydrogen (secondary N) is 2. The Morgan fingerprint density at radius 2 is 2.11 bits per heavy atom. The maximum atomic E-state index is 12.6. The zero-order valence-corrected chi connectivity index (χ0v) is 11.0. The van der Waals surface area contributed by atoms with Crippen LogP contribution in [0.4, 0.5) is 13.2 Å². The fourth-order valence-electron chi connectivity index (χ4n) is 1.84. The minimum Gasteiger partial charge on any atom is -0.272 e. The lowest BCUT2D eigenvalue weighted by Crippen LogP contribution is -2.31. The lowest BCUT2D eigenvalue weighted by atomic mass is 10.1. The van der Waals surface area contributed by atoms with Gasteiger partial charge in [0.15, 0.2) is 5.69 Å². The summed E-state index contributed by atoms with van der Waals surface area (Å²) in [7, 11) is -4.20. The minimum atomic E-state index is -4.78. The average molecular weight is 297 g/mol. The van der Waals surface area contributed by atoms with Gasteiger partial charge in [0.2, 0.25) is 10.0 Å². The molecule has 1 heterocycles. The molecule has 1 aromatic heterocycles. The summed E-state index contributed by atoms with van der Waals surface area (Å²) in [5.74, 6) is 0. The molecule has 2 rings (SSSR count). The predicted molar refractivity (Wildman–Crippen MR) is 60.7 cm³/mol. The van der Waals surface area contributed by atoms with E-state index in [-0.39, 0.29) is 12.0 Å². The molecule has 0 spiro atoms. The normalized spacial score (nSPS) is 18.5. The second-order valence-corrected chi connectivity index (χ2v) is 6.52. The third kappa shape index (κ3) is 2.92. The molecule has 0 bridgehead atoms. The van der Waals surface area contributed by atoms with Crippen LogP contribution in [0.25, 0.3) is 0 Å². The Hall–Kier alpha value is -1.09. The van der Waals surface area contributed by atoms with Crippen molar-refractivity contribution < 1.29 is 21.6 Å². The molecule has 0 unspecified atom stereocenters. The van der Waals surface area contributed by atoms with Gasteiger partial charge in [0.25, 0.3) is 0 Å². The van der Waals surface area contributed by atoms with Gasteiger partial charge in [-0.15, -0.1) is 0 Å². The summed E-state index contributed by atoms with van der Waals surface area (Å²) < 4.78 is 63.8. The Kier molecular flexibility index (Phi) is 3.38. The molecule has 0 saturated heterocycles. The van der Waals surface area contributed by atoms with E-state index in [1.54, 1.807) is 5.10 Å². The summed E-state index contributed by atoms with van der Waals surface area (Å²) in [6, 6.07) is 0. The largest absolute Gasteiger partial charge is 0.434 e. The summed E-state index contributed by atoms with van der Waals surface area (Å²) in [5, 5.41) is 4.86. The average Bonchev–Trinajstić information content (AvgIpc) is 2.89. The highest BCUT2D eigenvalue weighted by atomic mass is 32.2. The van der Waals surface area contributed by atoms with Gasteiger partial charge in [0, 0.05) is 6.54 Å². The molecule has 1 saturated carbocycles. The molecule has 0 amide bonds. The molecule has 1 aliphatic rings. The first-order chi connectivity index (χ1) is 8.70. The monoisotopic (exact) mass is 297 g/mol. The highest BCUT2D eigenvalue weighted by molar-refractivity contribution is 7.89. The Morgan fingerprint density at radius 1 is 1.47 bits per heavy atom. The smallest absolute Gasteiger partial charge is 0.272 e. The lowest BCUT2D eigenvalue weighted by Gasteiger charge is -2.14. The standard InChI is InChI=1S/C10H14F3N3O2S/c1-2-9(3-4-9)6-15-19(17,18)7-5-14-16-8(7)10(11,12)13/h5,15H,2-4,6H2,1H3,(H,14,16). The van der Waals surface area contributed by atoms with E-state index >= 15 is 0 Å². The molecule has 0 aromatic carbocycles. The van der Waals surface area contributed by atoms with Crippen LogP contribution < -0.4 is 4.72 Å².